The Labute approximate surface area is 121 Å². The molecule has 116 valence electrons. The Morgan fingerprint density at radius 3 is 2.26 bits per heavy atom. The van der Waals surface area contributed by atoms with Crippen LogP contribution in [0.5, 0.6) is 0 Å². The topological polar surface area (TPSA) is 21.3 Å². The van der Waals surface area contributed by atoms with Gasteiger partial charge in [0.05, 0.1) is 6.10 Å². The van der Waals surface area contributed by atoms with Crippen molar-refractivity contribution in [1.29, 1.82) is 0 Å². The molecule has 0 spiro atoms. The molecule has 2 nitrogen and oxygen atoms in total. The van der Waals surface area contributed by atoms with Gasteiger partial charge in [-0.15, -0.1) is 0 Å². The van der Waals surface area contributed by atoms with Crippen LogP contribution in [0.15, 0.2) is 0 Å². The summed E-state index contributed by atoms with van der Waals surface area (Å²) in [5.41, 5.74) is 0. The SMILES string of the molecule is CCCCCCC(C)OCCCCC(C)NCCC. The zero-order chi connectivity index (χ0) is 14.3. The van der Waals surface area contributed by atoms with Gasteiger partial charge < -0.3 is 10.1 Å². The highest BCUT2D eigenvalue weighted by Gasteiger charge is 2.03. The molecule has 0 aliphatic heterocycles. The number of hydrogen-bond acceptors (Lipinski definition) is 2. The quantitative estimate of drug-likeness (QED) is 0.453. The predicted molar refractivity (Wildman–Crippen MR) is 85.8 cm³/mol. The number of nitrogens with one attached hydrogen (secondary N) is 1. The molecule has 0 fully saturated rings. The standard InChI is InChI=1S/C17H37NO/c1-5-7-8-9-13-17(4)19-15-11-10-12-16(3)18-14-6-2/h16-18H,5-15H2,1-4H3. The van der Waals surface area contributed by atoms with Gasteiger partial charge >= 0.3 is 0 Å². The van der Waals surface area contributed by atoms with Crippen molar-refractivity contribution in [1.82, 2.24) is 5.32 Å². The molecule has 2 atom stereocenters. The van der Waals surface area contributed by atoms with Crippen molar-refractivity contribution in [3.8, 4) is 0 Å². The van der Waals surface area contributed by atoms with Gasteiger partial charge in [0.15, 0.2) is 0 Å². The van der Waals surface area contributed by atoms with Crippen LogP contribution < -0.4 is 5.32 Å². The lowest BCUT2D eigenvalue weighted by Crippen LogP contribution is -2.26. The number of hydrogen-bond donors (Lipinski definition) is 1. The Balaban J connectivity index is 3.24. The van der Waals surface area contributed by atoms with Gasteiger partial charge in [0.25, 0.3) is 0 Å². The summed E-state index contributed by atoms with van der Waals surface area (Å²) in [6.45, 7) is 11.1. The molecule has 1 N–H and O–H groups in total. The Kier molecular flexibility index (Phi) is 14.3. The Bertz CT molecular complexity index is 173. The van der Waals surface area contributed by atoms with Crippen LogP contribution in [0.1, 0.15) is 85.5 Å². The minimum Gasteiger partial charge on any atom is -0.379 e. The zero-order valence-corrected chi connectivity index (χ0v) is 13.8. The van der Waals surface area contributed by atoms with Crippen LogP contribution >= 0.6 is 0 Å². The van der Waals surface area contributed by atoms with E-state index in [1.807, 2.05) is 0 Å². The fourth-order valence-corrected chi connectivity index (χ4v) is 2.27. The predicted octanol–water partition coefficient (Wildman–Crippen LogP) is 4.92. The molecule has 0 aromatic rings. The largest absolute Gasteiger partial charge is 0.379 e. The van der Waals surface area contributed by atoms with Gasteiger partial charge in [-0.3, -0.25) is 0 Å². The molecule has 0 aromatic heterocycles. The molecule has 0 bridgehead atoms. The zero-order valence-electron chi connectivity index (χ0n) is 13.8. The first-order valence-electron chi connectivity index (χ1n) is 8.55. The van der Waals surface area contributed by atoms with Crippen LogP contribution in [-0.2, 0) is 4.74 Å². The van der Waals surface area contributed by atoms with Gasteiger partial charge in [-0.25, -0.2) is 0 Å². The van der Waals surface area contributed by atoms with Crippen molar-refractivity contribution in [2.24, 2.45) is 0 Å². The molecule has 0 heterocycles. The molecule has 19 heavy (non-hydrogen) atoms. The summed E-state index contributed by atoms with van der Waals surface area (Å²) >= 11 is 0. The van der Waals surface area contributed by atoms with E-state index in [1.54, 1.807) is 0 Å². The first-order valence-corrected chi connectivity index (χ1v) is 8.55. The fourth-order valence-electron chi connectivity index (χ4n) is 2.27. The maximum atomic E-state index is 5.86. The monoisotopic (exact) mass is 271 g/mol. The lowest BCUT2D eigenvalue weighted by Gasteiger charge is -2.15. The summed E-state index contributed by atoms with van der Waals surface area (Å²) in [4.78, 5) is 0. The summed E-state index contributed by atoms with van der Waals surface area (Å²) in [6, 6.07) is 0.659. The van der Waals surface area contributed by atoms with E-state index in [-0.39, 0.29) is 0 Å². The summed E-state index contributed by atoms with van der Waals surface area (Å²) < 4.78 is 5.86. The van der Waals surface area contributed by atoms with Crippen molar-refractivity contribution in [3.05, 3.63) is 0 Å². The van der Waals surface area contributed by atoms with E-state index in [0.717, 1.165) is 13.2 Å². The summed E-state index contributed by atoms with van der Waals surface area (Å²) in [6.07, 6.45) is 12.0. The Morgan fingerprint density at radius 1 is 0.842 bits per heavy atom. The van der Waals surface area contributed by atoms with Crippen molar-refractivity contribution in [3.63, 3.8) is 0 Å². The van der Waals surface area contributed by atoms with E-state index < -0.39 is 0 Å². The molecule has 0 radical (unpaired) electrons. The second kappa shape index (κ2) is 14.3. The second-order valence-corrected chi connectivity index (χ2v) is 5.88. The normalized spacial score (nSPS) is 14.5. The van der Waals surface area contributed by atoms with Crippen molar-refractivity contribution in [2.45, 2.75) is 97.6 Å². The van der Waals surface area contributed by atoms with Gasteiger partial charge in [0.2, 0.25) is 0 Å². The summed E-state index contributed by atoms with van der Waals surface area (Å²) in [5, 5.41) is 3.53. The lowest BCUT2D eigenvalue weighted by molar-refractivity contribution is 0.0555. The molecular weight excluding hydrogens is 234 g/mol. The van der Waals surface area contributed by atoms with Gasteiger partial charge in [0, 0.05) is 12.6 Å². The first-order chi connectivity index (χ1) is 9.20. The smallest absolute Gasteiger partial charge is 0.0547 e. The summed E-state index contributed by atoms with van der Waals surface area (Å²) in [5.74, 6) is 0. The molecule has 0 amide bonds. The van der Waals surface area contributed by atoms with Crippen molar-refractivity contribution in [2.75, 3.05) is 13.2 Å². The molecular formula is C17H37NO. The highest BCUT2D eigenvalue weighted by molar-refractivity contribution is 4.60. The number of unbranched alkanes of at least 4 members (excludes halogenated alkanes) is 4. The van der Waals surface area contributed by atoms with Gasteiger partial charge in [0.1, 0.15) is 0 Å². The van der Waals surface area contributed by atoms with Gasteiger partial charge in [-0.05, 0) is 52.5 Å². The lowest BCUT2D eigenvalue weighted by atomic mass is 10.1. The molecule has 0 saturated carbocycles. The maximum Gasteiger partial charge on any atom is 0.0547 e. The molecule has 2 heteroatoms. The van der Waals surface area contributed by atoms with E-state index in [0.29, 0.717) is 12.1 Å². The van der Waals surface area contributed by atoms with Crippen LogP contribution in [0.2, 0.25) is 0 Å². The van der Waals surface area contributed by atoms with E-state index >= 15 is 0 Å². The molecule has 0 aliphatic rings. The van der Waals surface area contributed by atoms with E-state index in [4.69, 9.17) is 4.74 Å². The minimum absolute atomic E-state index is 0.451. The van der Waals surface area contributed by atoms with E-state index in [1.165, 1.54) is 57.8 Å². The van der Waals surface area contributed by atoms with Crippen molar-refractivity contribution < 1.29 is 4.74 Å². The molecule has 0 aromatic carbocycles. The number of ether oxygens (including phenoxy) is 1. The van der Waals surface area contributed by atoms with Gasteiger partial charge in [-0.1, -0.05) is 39.5 Å². The van der Waals surface area contributed by atoms with Crippen molar-refractivity contribution >= 4 is 0 Å². The van der Waals surface area contributed by atoms with E-state index in [2.05, 4.69) is 33.0 Å². The van der Waals surface area contributed by atoms with Crippen LogP contribution in [0, 0.1) is 0 Å². The maximum absolute atomic E-state index is 5.86. The summed E-state index contributed by atoms with van der Waals surface area (Å²) in [7, 11) is 0. The van der Waals surface area contributed by atoms with E-state index in [9.17, 15) is 0 Å². The first kappa shape index (κ1) is 18.9. The molecule has 0 rings (SSSR count). The van der Waals surface area contributed by atoms with Crippen LogP contribution in [0.3, 0.4) is 0 Å². The Hall–Kier alpha value is -0.0800. The van der Waals surface area contributed by atoms with Crippen LogP contribution in [0.4, 0.5) is 0 Å². The fraction of sp³-hybridized carbons (Fsp3) is 1.00. The average Bonchev–Trinajstić information content (AvgIpc) is 2.41. The molecule has 0 saturated heterocycles. The Morgan fingerprint density at radius 2 is 1.58 bits per heavy atom. The highest BCUT2D eigenvalue weighted by atomic mass is 16.5. The minimum atomic E-state index is 0.451. The molecule has 0 aliphatic carbocycles. The highest BCUT2D eigenvalue weighted by Crippen LogP contribution is 2.09. The third-order valence-corrected chi connectivity index (χ3v) is 3.64. The van der Waals surface area contributed by atoms with Crippen LogP contribution in [0.25, 0.3) is 0 Å². The molecule has 2 unspecified atom stereocenters. The third kappa shape index (κ3) is 14.1. The third-order valence-electron chi connectivity index (χ3n) is 3.64. The number of rotatable bonds is 14. The van der Waals surface area contributed by atoms with Crippen LogP contribution in [-0.4, -0.2) is 25.3 Å². The second-order valence-electron chi connectivity index (χ2n) is 5.88. The average molecular weight is 271 g/mol. The van der Waals surface area contributed by atoms with Gasteiger partial charge in [-0.2, -0.15) is 0 Å².